The monoisotopic (exact) mass is 411 g/mol. The van der Waals surface area contributed by atoms with Crippen LogP contribution in [0.2, 0.25) is 0 Å². The van der Waals surface area contributed by atoms with E-state index >= 15 is 0 Å². The summed E-state index contributed by atoms with van der Waals surface area (Å²) in [4.78, 5) is 39.0. The number of primary amides is 1. The highest BCUT2D eigenvalue weighted by molar-refractivity contribution is 7.09. The normalized spacial score (nSPS) is 15.4. The number of aliphatic hydroxyl groups is 1. The number of nitrogens with one attached hydrogen (secondary N) is 1. The molecule has 0 bridgehead atoms. The summed E-state index contributed by atoms with van der Waals surface area (Å²) in [7, 11) is 0. The number of nitrogen functional groups attached to an aromatic ring is 1. The molecular weight excluding hydrogens is 382 g/mol. The number of nitrogens with zero attached hydrogens (tertiary/aromatic N) is 2. The van der Waals surface area contributed by atoms with Crippen LogP contribution < -0.4 is 16.8 Å². The molecule has 2 rings (SSSR count). The van der Waals surface area contributed by atoms with Gasteiger partial charge in [-0.05, 0) is 37.2 Å². The number of hydrogen-bond donors (Lipinski definition) is 4. The van der Waals surface area contributed by atoms with Gasteiger partial charge in [0.2, 0.25) is 5.91 Å². The molecule has 0 spiro atoms. The van der Waals surface area contributed by atoms with E-state index in [-0.39, 0.29) is 41.4 Å². The van der Waals surface area contributed by atoms with E-state index in [2.05, 4.69) is 9.69 Å². The Hall–Kier alpha value is -2.20. The molecule has 1 aromatic heterocycles. The lowest BCUT2D eigenvalue weighted by atomic mass is 10.1. The molecule has 28 heavy (non-hydrogen) atoms. The van der Waals surface area contributed by atoms with Gasteiger partial charge in [-0.25, -0.2) is 0 Å². The number of amides is 3. The number of aliphatic hydroxyl groups excluding tert-OH is 1. The molecule has 6 N–H and O–H groups in total. The Balaban J connectivity index is 2.27. The molecule has 0 aromatic carbocycles. The Kier molecular flexibility index (Phi) is 8.18. The van der Waals surface area contributed by atoms with Crippen LogP contribution in [-0.2, 0) is 4.79 Å². The molecule has 1 saturated carbocycles. The van der Waals surface area contributed by atoms with E-state index in [9.17, 15) is 19.5 Å². The summed E-state index contributed by atoms with van der Waals surface area (Å²) in [6, 6.07) is -0.542. The molecule has 0 unspecified atom stereocenters. The second-order valence-electron chi connectivity index (χ2n) is 7.01. The lowest BCUT2D eigenvalue weighted by Crippen LogP contribution is -2.51. The van der Waals surface area contributed by atoms with Crippen molar-refractivity contribution in [1.29, 1.82) is 0 Å². The first-order chi connectivity index (χ1) is 13.4. The first-order valence-electron chi connectivity index (χ1n) is 9.67. The third-order valence-corrected chi connectivity index (χ3v) is 5.77. The lowest BCUT2D eigenvalue weighted by Gasteiger charge is -2.31. The van der Waals surface area contributed by atoms with Gasteiger partial charge in [-0.15, -0.1) is 0 Å². The van der Waals surface area contributed by atoms with Crippen molar-refractivity contribution in [3.8, 4) is 0 Å². The van der Waals surface area contributed by atoms with Gasteiger partial charge in [0, 0.05) is 19.2 Å². The Morgan fingerprint density at radius 2 is 2.04 bits per heavy atom. The number of aromatic nitrogens is 1. The number of rotatable bonds is 10. The molecule has 3 amide bonds. The van der Waals surface area contributed by atoms with Gasteiger partial charge >= 0.3 is 0 Å². The van der Waals surface area contributed by atoms with Crippen LogP contribution >= 0.6 is 11.5 Å². The number of anilines is 1. The molecule has 0 radical (unpaired) electrons. The van der Waals surface area contributed by atoms with Crippen molar-refractivity contribution in [3.05, 3.63) is 10.6 Å². The fraction of sp³-hybridized carbons (Fsp3) is 0.667. The predicted molar refractivity (Wildman–Crippen MR) is 107 cm³/mol. The second kappa shape index (κ2) is 10.4. The maximum atomic E-state index is 13.2. The van der Waals surface area contributed by atoms with E-state index in [1.165, 1.54) is 4.90 Å². The van der Waals surface area contributed by atoms with E-state index < -0.39 is 17.9 Å². The standard InChI is InChI=1S/C18H29N5O4S/c1-2-6-12(17(26)21-11-7-3-4-8-11)23(9-5-10-24)18(27)15-13(19)14(16(20)25)22-28-15/h11-12,24H,2-10,19H2,1H3,(H2,20,25)(H,21,26)/t12-/m0/s1. The average molecular weight is 412 g/mol. The summed E-state index contributed by atoms with van der Waals surface area (Å²) in [5.41, 5.74) is 10.9. The number of carbonyl (C=O) groups is 3. The van der Waals surface area contributed by atoms with Gasteiger partial charge in [0.25, 0.3) is 11.8 Å². The second-order valence-corrected chi connectivity index (χ2v) is 7.78. The zero-order valence-electron chi connectivity index (χ0n) is 16.1. The largest absolute Gasteiger partial charge is 0.396 e. The first-order valence-corrected chi connectivity index (χ1v) is 10.4. The van der Waals surface area contributed by atoms with Crippen LogP contribution in [0.1, 0.15) is 72.0 Å². The van der Waals surface area contributed by atoms with Crippen molar-refractivity contribution in [2.75, 3.05) is 18.9 Å². The number of nitrogens with two attached hydrogens (primary N) is 2. The van der Waals surface area contributed by atoms with E-state index in [0.29, 0.717) is 19.3 Å². The van der Waals surface area contributed by atoms with Gasteiger partial charge in [-0.1, -0.05) is 26.2 Å². The van der Waals surface area contributed by atoms with Gasteiger partial charge in [0.1, 0.15) is 10.9 Å². The van der Waals surface area contributed by atoms with E-state index in [1.54, 1.807) is 0 Å². The summed E-state index contributed by atoms with van der Waals surface area (Å²) in [6.45, 7) is 2.02. The van der Waals surface area contributed by atoms with Crippen molar-refractivity contribution in [1.82, 2.24) is 14.6 Å². The number of hydrogen-bond acceptors (Lipinski definition) is 7. The van der Waals surface area contributed by atoms with Crippen LogP contribution in [0.3, 0.4) is 0 Å². The van der Waals surface area contributed by atoms with Crippen molar-refractivity contribution < 1.29 is 19.5 Å². The van der Waals surface area contributed by atoms with Crippen molar-refractivity contribution in [3.63, 3.8) is 0 Å². The fourth-order valence-electron chi connectivity index (χ4n) is 3.47. The van der Waals surface area contributed by atoms with Crippen LogP contribution in [0.15, 0.2) is 0 Å². The molecule has 1 aromatic rings. The Morgan fingerprint density at radius 3 is 2.57 bits per heavy atom. The summed E-state index contributed by atoms with van der Waals surface area (Å²) < 4.78 is 3.88. The third kappa shape index (κ3) is 5.20. The minimum absolute atomic E-state index is 0.0667. The smallest absolute Gasteiger partial charge is 0.270 e. The van der Waals surface area contributed by atoms with Crippen LogP contribution in [0.4, 0.5) is 5.69 Å². The summed E-state index contributed by atoms with van der Waals surface area (Å²) in [6.07, 6.45) is 5.57. The first kappa shape index (κ1) is 22.1. The van der Waals surface area contributed by atoms with Gasteiger partial charge in [0.05, 0.1) is 5.69 Å². The molecule has 1 aliphatic rings. The minimum atomic E-state index is -0.807. The Bertz CT molecular complexity index is 702. The highest BCUT2D eigenvalue weighted by Crippen LogP contribution is 2.25. The zero-order valence-corrected chi connectivity index (χ0v) is 17.0. The lowest BCUT2D eigenvalue weighted by molar-refractivity contribution is -0.126. The third-order valence-electron chi connectivity index (χ3n) is 4.92. The van der Waals surface area contributed by atoms with Crippen LogP contribution in [-0.4, -0.2) is 57.3 Å². The Morgan fingerprint density at radius 1 is 1.36 bits per heavy atom. The van der Waals surface area contributed by atoms with Crippen molar-refractivity contribution >= 4 is 34.9 Å². The summed E-state index contributed by atoms with van der Waals surface area (Å²) in [5, 5.41) is 12.3. The minimum Gasteiger partial charge on any atom is -0.396 e. The molecular formula is C18H29N5O4S. The SMILES string of the molecule is CCC[C@@H](C(=O)NC1CCCC1)N(CCCO)C(=O)c1snc(C(N)=O)c1N. The quantitative estimate of drug-likeness (QED) is 0.448. The van der Waals surface area contributed by atoms with Gasteiger partial charge in [-0.2, -0.15) is 4.37 Å². The average Bonchev–Trinajstić information content (AvgIpc) is 3.30. The predicted octanol–water partition coefficient (Wildman–Crippen LogP) is 0.876. The zero-order chi connectivity index (χ0) is 20.7. The number of carbonyl (C=O) groups excluding carboxylic acids is 3. The van der Waals surface area contributed by atoms with Crippen LogP contribution in [0.25, 0.3) is 0 Å². The summed E-state index contributed by atoms with van der Waals surface area (Å²) in [5.74, 6) is -1.48. The van der Waals surface area contributed by atoms with E-state index in [4.69, 9.17) is 11.5 Å². The molecule has 1 aliphatic carbocycles. The molecule has 1 atom stereocenters. The topological polar surface area (TPSA) is 152 Å². The fourth-order valence-corrected chi connectivity index (χ4v) is 4.23. The molecule has 10 heteroatoms. The van der Waals surface area contributed by atoms with Crippen LogP contribution in [0.5, 0.6) is 0 Å². The highest BCUT2D eigenvalue weighted by atomic mass is 32.1. The van der Waals surface area contributed by atoms with Gasteiger partial charge in [0.15, 0.2) is 5.69 Å². The maximum Gasteiger partial charge on any atom is 0.270 e. The highest BCUT2D eigenvalue weighted by Gasteiger charge is 2.33. The van der Waals surface area contributed by atoms with Crippen molar-refractivity contribution in [2.24, 2.45) is 5.73 Å². The van der Waals surface area contributed by atoms with Gasteiger partial charge < -0.3 is 26.8 Å². The summed E-state index contributed by atoms with van der Waals surface area (Å²) >= 11 is 0.793. The molecule has 156 valence electrons. The molecule has 0 saturated heterocycles. The van der Waals surface area contributed by atoms with Gasteiger partial charge in [-0.3, -0.25) is 14.4 Å². The van der Waals surface area contributed by atoms with Crippen molar-refractivity contribution in [2.45, 2.75) is 64.0 Å². The Labute approximate surface area is 168 Å². The molecule has 0 aliphatic heterocycles. The molecule has 9 nitrogen and oxygen atoms in total. The van der Waals surface area contributed by atoms with E-state index in [0.717, 1.165) is 37.2 Å². The molecule has 1 heterocycles. The van der Waals surface area contributed by atoms with Crippen LogP contribution in [0, 0.1) is 0 Å². The van der Waals surface area contributed by atoms with E-state index in [1.807, 2.05) is 6.92 Å². The maximum absolute atomic E-state index is 13.2. The molecule has 1 fully saturated rings.